The summed E-state index contributed by atoms with van der Waals surface area (Å²) in [5, 5.41) is 14.9. The van der Waals surface area contributed by atoms with E-state index in [-0.39, 0.29) is 46.6 Å². The third-order valence-corrected chi connectivity index (χ3v) is 10.1. The minimum absolute atomic E-state index is 0.0189. The minimum Gasteiger partial charge on any atom is -0.393 e. The highest BCUT2D eigenvalue weighted by Crippen LogP contribution is 2.64. The van der Waals surface area contributed by atoms with Crippen molar-refractivity contribution in [2.45, 2.75) is 83.8 Å². The third kappa shape index (κ3) is 2.91. The molecule has 0 bridgehead atoms. The monoisotopic (exact) mass is 414 g/mol. The summed E-state index contributed by atoms with van der Waals surface area (Å²) in [5.41, 5.74) is 1.14. The van der Waals surface area contributed by atoms with Gasteiger partial charge in [-0.05, 0) is 80.0 Å². The van der Waals surface area contributed by atoms with Crippen molar-refractivity contribution in [2.75, 3.05) is 13.6 Å². The van der Waals surface area contributed by atoms with Gasteiger partial charge in [-0.15, -0.1) is 0 Å². The number of fused-ring (bicyclic) bond motifs is 5. The van der Waals surface area contributed by atoms with Crippen LogP contribution < -0.4 is 5.32 Å². The highest BCUT2D eigenvalue weighted by atomic mass is 16.3. The number of nitrogens with one attached hydrogen (secondary N) is 1. The molecule has 1 aliphatic heterocycles. The summed E-state index contributed by atoms with van der Waals surface area (Å²) >= 11 is 0. The summed E-state index contributed by atoms with van der Waals surface area (Å²) in [5.74, 6) is 1.82. The molecule has 0 aromatic rings. The number of carbonyl (C=O) groups excluding carboxylic acids is 2. The number of likely N-dealkylation sites (N-methyl/N-ethyl adjacent to an activating group) is 1. The number of allylic oxidation sites excluding steroid dienone is 1. The molecule has 5 aliphatic rings. The Labute approximate surface area is 180 Å². The molecular weight excluding hydrogens is 376 g/mol. The van der Waals surface area contributed by atoms with Crippen molar-refractivity contribution in [3.63, 3.8) is 0 Å². The summed E-state index contributed by atoms with van der Waals surface area (Å²) in [6.45, 7) is 5.39. The number of aliphatic hydroxyl groups is 1. The lowest BCUT2D eigenvalue weighted by atomic mass is 9.47. The maximum atomic E-state index is 12.7. The van der Waals surface area contributed by atoms with Crippen LogP contribution in [0, 0.1) is 34.5 Å². The molecule has 0 saturated heterocycles. The van der Waals surface area contributed by atoms with Crippen molar-refractivity contribution >= 4 is 11.8 Å². The first kappa shape index (κ1) is 20.5. The van der Waals surface area contributed by atoms with E-state index in [0.717, 1.165) is 57.9 Å². The largest absolute Gasteiger partial charge is 0.393 e. The summed E-state index contributed by atoms with van der Waals surface area (Å²) in [6.07, 6.45) is 10.7. The van der Waals surface area contributed by atoms with E-state index in [1.807, 2.05) is 18.0 Å². The van der Waals surface area contributed by atoms with Crippen molar-refractivity contribution in [1.82, 2.24) is 10.2 Å². The van der Waals surface area contributed by atoms with Crippen molar-refractivity contribution < 1.29 is 14.7 Å². The highest BCUT2D eigenvalue weighted by Gasteiger charge is 2.62. The van der Waals surface area contributed by atoms with Crippen LogP contribution in [0.5, 0.6) is 0 Å². The van der Waals surface area contributed by atoms with Gasteiger partial charge in [-0.25, -0.2) is 0 Å². The zero-order valence-electron chi connectivity index (χ0n) is 18.8. The second kappa shape index (κ2) is 7.08. The second-order valence-electron chi connectivity index (χ2n) is 11.5. The van der Waals surface area contributed by atoms with Crippen molar-refractivity contribution in [2.24, 2.45) is 34.5 Å². The number of carbonyl (C=O) groups is 2. The highest BCUT2D eigenvalue weighted by molar-refractivity contribution is 5.88. The van der Waals surface area contributed by atoms with Gasteiger partial charge in [0.1, 0.15) is 0 Å². The van der Waals surface area contributed by atoms with Gasteiger partial charge in [0, 0.05) is 31.6 Å². The fourth-order valence-corrected chi connectivity index (χ4v) is 8.00. The lowest BCUT2D eigenvalue weighted by Crippen LogP contribution is -2.59. The Kier molecular flexibility index (Phi) is 4.85. The van der Waals surface area contributed by atoms with E-state index in [1.54, 1.807) is 0 Å². The number of hydrogen-bond acceptors (Lipinski definition) is 3. The maximum Gasteiger partial charge on any atom is 0.246 e. The van der Waals surface area contributed by atoms with Gasteiger partial charge < -0.3 is 15.3 Å². The summed E-state index contributed by atoms with van der Waals surface area (Å²) in [7, 11) is 1.89. The van der Waals surface area contributed by atoms with Crippen LogP contribution in [-0.2, 0) is 9.59 Å². The van der Waals surface area contributed by atoms with E-state index in [4.69, 9.17) is 0 Å². The van der Waals surface area contributed by atoms with Gasteiger partial charge in [0.25, 0.3) is 0 Å². The Balaban J connectivity index is 1.41. The van der Waals surface area contributed by atoms with Crippen molar-refractivity contribution in [3.8, 4) is 0 Å². The summed E-state index contributed by atoms with van der Waals surface area (Å²) < 4.78 is 0. The Morgan fingerprint density at radius 3 is 2.67 bits per heavy atom. The Morgan fingerprint density at radius 1 is 1.20 bits per heavy atom. The van der Waals surface area contributed by atoms with Crippen LogP contribution in [0.4, 0.5) is 0 Å². The third-order valence-electron chi connectivity index (χ3n) is 10.1. The second-order valence-corrected chi connectivity index (χ2v) is 11.5. The Hall–Kier alpha value is -1.36. The molecule has 5 rings (SSSR count). The van der Waals surface area contributed by atoms with Gasteiger partial charge in [-0.1, -0.05) is 25.8 Å². The van der Waals surface area contributed by atoms with Crippen LogP contribution in [0.25, 0.3) is 0 Å². The van der Waals surface area contributed by atoms with Gasteiger partial charge in [0.05, 0.1) is 6.10 Å². The zero-order valence-corrected chi connectivity index (χ0v) is 18.8. The molecule has 7 atom stereocenters. The number of aliphatic hydroxyl groups excluding tert-OH is 1. The molecule has 2 amide bonds. The average molecular weight is 415 g/mol. The lowest BCUT2D eigenvalue weighted by molar-refractivity contribution is -0.135. The van der Waals surface area contributed by atoms with E-state index in [0.29, 0.717) is 11.8 Å². The molecule has 1 heterocycles. The maximum absolute atomic E-state index is 12.7. The molecule has 0 aromatic heterocycles. The van der Waals surface area contributed by atoms with Crippen molar-refractivity contribution in [3.05, 3.63) is 11.6 Å². The predicted molar refractivity (Wildman–Crippen MR) is 115 cm³/mol. The first-order chi connectivity index (χ1) is 14.2. The fraction of sp³-hybridized carbons (Fsp3) is 0.840. The van der Waals surface area contributed by atoms with Gasteiger partial charge >= 0.3 is 0 Å². The number of nitrogens with zero attached hydrogens (tertiary/aromatic N) is 1. The smallest absolute Gasteiger partial charge is 0.246 e. The lowest BCUT2D eigenvalue weighted by Gasteiger charge is -2.59. The molecule has 0 aromatic carbocycles. The predicted octanol–water partition coefficient (Wildman–Crippen LogP) is 3.27. The normalized spacial score (nSPS) is 46.1. The van der Waals surface area contributed by atoms with E-state index in [9.17, 15) is 14.7 Å². The van der Waals surface area contributed by atoms with Crippen LogP contribution in [-0.4, -0.2) is 47.6 Å². The molecule has 4 aliphatic carbocycles. The molecule has 5 nitrogen and oxygen atoms in total. The first-order valence-electron chi connectivity index (χ1n) is 12.2. The van der Waals surface area contributed by atoms with E-state index in [2.05, 4.69) is 19.2 Å². The molecular formula is C25H38N2O3. The quantitative estimate of drug-likeness (QED) is 0.729. The molecule has 2 N–H and O–H groups in total. The van der Waals surface area contributed by atoms with Crippen LogP contribution >= 0.6 is 0 Å². The molecule has 0 spiro atoms. The molecule has 30 heavy (non-hydrogen) atoms. The number of rotatable bonds is 2. The van der Waals surface area contributed by atoms with Crippen molar-refractivity contribution in [1.29, 1.82) is 0 Å². The zero-order chi connectivity index (χ0) is 21.3. The SMILES string of the molecule is CN1CC[C@@]2(C)C(=CC1=O)CCC1C2[C@@H](O)C[C@@]2(C)C1CC[C@@H]2NC(=O)C1CCC1. The molecule has 0 radical (unpaired) electrons. The van der Waals surface area contributed by atoms with Gasteiger partial charge in [0.2, 0.25) is 11.8 Å². The standard InChI is InChI=1S/C25H38N2O3/c1-24-11-12-27(3)21(29)13-16(24)7-8-17-18-9-10-20(26-23(30)15-5-4-6-15)25(18,2)14-19(28)22(17)24/h13,15,17-20,22,28H,4-12,14H2,1-3H3,(H,26,30)/t17?,18?,19-,20-,22?,24-,25-/m0/s1. The van der Waals surface area contributed by atoms with Crippen LogP contribution in [0.2, 0.25) is 0 Å². The Bertz CT molecular complexity index is 774. The summed E-state index contributed by atoms with van der Waals surface area (Å²) in [6, 6.07) is 0.192. The van der Waals surface area contributed by atoms with E-state index >= 15 is 0 Å². The van der Waals surface area contributed by atoms with Crippen LogP contribution in [0.3, 0.4) is 0 Å². The minimum atomic E-state index is -0.371. The molecule has 4 fully saturated rings. The van der Waals surface area contributed by atoms with Gasteiger partial charge in [-0.2, -0.15) is 0 Å². The molecule has 166 valence electrons. The molecule has 3 unspecified atom stereocenters. The topological polar surface area (TPSA) is 69.6 Å². The van der Waals surface area contributed by atoms with Gasteiger partial charge in [-0.3, -0.25) is 9.59 Å². The number of amides is 2. The van der Waals surface area contributed by atoms with Crippen LogP contribution in [0.1, 0.15) is 71.6 Å². The van der Waals surface area contributed by atoms with Crippen LogP contribution in [0.15, 0.2) is 11.6 Å². The fourth-order valence-electron chi connectivity index (χ4n) is 8.00. The summed E-state index contributed by atoms with van der Waals surface area (Å²) in [4.78, 5) is 27.0. The first-order valence-corrected chi connectivity index (χ1v) is 12.2. The van der Waals surface area contributed by atoms with E-state index in [1.165, 1.54) is 12.0 Å². The van der Waals surface area contributed by atoms with Gasteiger partial charge in [0.15, 0.2) is 0 Å². The molecule has 4 saturated carbocycles. The van der Waals surface area contributed by atoms with E-state index < -0.39 is 0 Å². The number of hydrogen-bond donors (Lipinski definition) is 2. The average Bonchev–Trinajstić information content (AvgIpc) is 2.90. The Morgan fingerprint density at radius 2 is 1.97 bits per heavy atom. The molecule has 5 heteroatoms.